The number of urea groups is 1. The van der Waals surface area contributed by atoms with Gasteiger partial charge in [0.15, 0.2) is 0 Å². The molecule has 1 unspecified atom stereocenters. The highest BCUT2D eigenvalue weighted by molar-refractivity contribution is 6.33. The predicted molar refractivity (Wildman–Crippen MR) is 98.3 cm³/mol. The molecule has 26 heavy (non-hydrogen) atoms. The van der Waals surface area contributed by atoms with Crippen molar-refractivity contribution in [2.24, 2.45) is 0 Å². The molecule has 0 fully saturated rings. The van der Waals surface area contributed by atoms with Crippen molar-refractivity contribution in [2.45, 2.75) is 13.0 Å². The summed E-state index contributed by atoms with van der Waals surface area (Å²) in [7, 11) is 0. The second kappa shape index (κ2) is 7.30. The normalized spacial score (nSPS) is 16.3. The molecule has 0 aliphatic carbocycles. The summed E-state index contributed by atoms with van der Waals surface area (Å²) in [4.78, 5) is 24.8. The molecule has 0 spiro atoms. The summed E-state index contributed by atoms with van der Waals surface area (Å²) in [6.07, 6.45) is 0. The highest BCUT2D eigenvalue weighted by Crippen LogP contribution is 2.29. The largest absolute Gasteiger partial charge is 0.327 e. The van der Waals surface area contributed by atoms with Gasteiger partial charge in [-0.05, 0) is 36.8 Å². The van der Waals surface area contributed by atoms with E-state index in [9.17, 15) is 9.59 Å². The highest BCUT2D eigenvalue weighted by Gasteiger charge is 2.31. The van der Waals surface area contributed by atoms with Gasteiger partial charge >= 0.3 is 6.03 Å². The first kappa shape index (κ1) is 17.5. The van der Waals surface area contributed by atoms with E-state index in [1.807, 2.05) is 6.07 Å². The average Bonchev–Trinajstić information content (AvgIpc) is 2.63. The average molecular weight is 367 g/mol. The molecule has 7 heteroatoms. The fourth-order valence-electron chi connectivity index (χ4n) is 2.75. The molecule has 2 aromatic carbocycles. The summed E-state index contributed by atoms with van der Waals surface area (Å²) in [5.74, 6) is -0.377. The van der Waals surface area contributed by atoms with Crippen LogP contribution >= 0.6 is 11.6 Å². The van der Waals surface area contributed by atoms with Crippen molar-refractivity contribution < 1.29 is 9.59 Å². The molecule has 1 aliphatic rings. The molecule has 6 nitrogen and oxygen atoms in total. The topological polar surface area (TPSA) is 94.0 Å². The number of hydrogen-bond acceptors (Lipinski definition) is 3. The number of benzene rings is 2. The maximum Gasteiger partial charge on any atom is 0.319 e. The summed E-state index contributed by atoms with van der Waals surface area (Å²) < 4.78 is 0. The Kier molecular flexibility index (Phi) is 4.92. The number of nitriles is 1. The lowest BCUT2D eigenvalue weighted by Crippen LogP contribution is -2.46. The molecule has 1 aliphatic heterocycles. The van der Waals surface area contributed by atoms with Gasteiger partial charge in [0.1, 0.15) is 0 Å². The lowest BCUT2D eigenvalue weighted by Gasteiger charge is -2.28. The molecular formula is C19H15ClN4O2. The van der Waals surface area contributed by atoms with Crippen molar-refractivity contribution in [2.75, 3.05) is 5.32 Å². The van der Waals surface area contributed by atoms with Gasteiger partial charge in [0.05, 0.1) is 34.0 Å². The Bertz CT molecular complexity index is 945. The first-order valence-electron chi connectivity index (χ1n) is 7.84. The summed E-state index contributed by atoms with van der Waals surface area (Å²) in [6.45, 7) is 1.66. The number of carbonyl (C=O) groups excluding carboxylic acids is 2. The van der Waals surface area contributed by atoms with Gasteiger partial charge < -0.3 is 16.0 Å². The van der Waals surface area contributed by atoms with E-state index in [4.69, 9.17) is 16.9 Å². The number of nitrogens with zero attached hydrogens (tertiary/aromatic N) is 1. The highest BCUT2D eigenvalue weighted by atomic mass is 35.5. The first-order chi connectivity index (χ1) is 12.5. The van der Waals surface area contributed by atoms with Crippen molar-refractivity contribution in [1.82, 2.24) is 10.6 Å². The number of allylic oxidation sites excluding steroid dienone is 1. The molecule has 0 saturated carbocycles. The van der Waals surface area contributed by atoms with Gasteiger partial charge in [-0.1, -0.05) is 35.9 Å². The number of hydrogen-bond donors (Lipinski definition) is 3. The molecule has 2 aromatic rings. The zero-order chi connectivity index (χ0) is 18.7. The smallest absolute Gasteiger partial charge is 0.319 e. The van der Waals surface area contributed by atoms with Gasteiger partial charge in [-0.15, -0.1) is 0 Å². The molecule has 3 N–H and O–H groups in total. The van der Waals surface area contributed by atoms with Crippen LogP contribution in [0.4, 0.5) is 10.5 Å². The van der Waals surface area contributed by atoms with Crippen LogP contribution in [0.1, 0.15) is 24.1 Å². The number of halogens is 1. The zero-order valence-corrected chi connectivity index (χ0v) is 14.6. The van der Waals surface area contributed by atoms with Gasteiger partial charge in [0.25, 0.3) is 5.91 Å². The minimum absolute atomic E-state index is 0.370. The number of rotatable bonds is 3. The van der Waals surface area contributed by atoms with Crippen LogP contribution in [-0.4, -0.2) is 11.9 Å². The molecule has 3 amide bonds. The van der Waals surface area contributed by atoms with E-state index in [1.54, 1.807) is 55.5 Å². The Hall–Kier alpha value is -3.30. The third kappa shape index (κ3) is 3.53. The standard InChI is InChI=1S/C19H15ClN4O2/c1-11-16(18(25)23-15-5-3-2-4-14(15)20)17(24-19(26)22-11)13-8-6-12(10-21)7-9-13/h2-9,17H,1H3,(H,23,25)(H2,22,24,26). The molecule has 1 heterocycles. The Morgan fingerprint density at radius 2 is 1.88 bits per heavy atom. The van der Waals surface area contributed by atoms with E-state index in [-0.39, 0.29) is 5.91 Å². The predicted octanol–water partition coefficient (Wildman–Crippen LogP) is 3.48. The van der Waals surface area contributed by atoms with Crippen molar-refractivity contribution in [3.05, 3.63) is 76.0 Å². The second-order valence-electron chi connectivity index (χ2n) is 5.74. The van der Waals surface area contributed by atoms with Crippen LogP contribution < -0.4 is 16.0 Å². The summed E-state index contributed by atoms with van der Waals surface area (Å²) >= 11 is 6.11. The first-order valence-corrected chi connectivity index (χ1v) is 8.21. The summed E-state index contributed by atoms with van der Waals surface area (Å²) in [5, 5.41) is 17.5. The second-order valence-corrected chi connectivity index (χ2v) is 6.15. The minimum atomic E-state index is -0.640. The van der Waals surface area contributed by atoms with Gasteiger partial charge in [0.2, 0.25) is 0 Å². The number of para-hydroxylation sites is 1. The van der Waals surface area contributed by atoms with E-state index in [1.165, 1.54) is 0 Å². The molecule has 130 valence electrons. The monoisotopic (exact) mass is 366 g/mol. The van der Waals surface area contributed by atoms with Crippen molar-refractivity contribution >= 4 is 29.2 Å². The lowest BCUT2D eigenvalue weighted by atomic mass is 9.94. The van der Waals surface area contributed by atoms with Crippen molar-refractivity contribution in [1.29, 1.82) is 5.26 Å². The lowest BCUT2D eigenvalue weighted by molar-refractivity contribution is -0.113. The van der Waals surface area contributed by atoms with Crippen molar-refractivity contribution in [3.8, 4) is 6.07 Å². The molecule has 0 aromatic heterocycles. The van der Waals surface area contributed by atoms with E-state index in [2.05, 4.69) is 16.0 Å². The molecule has 0 bridgehead atoms. The van der Waals surface area contributed by atoms with Crippen molar-refractivity contribution in [3.63, 3.8) is 0 Å². The Morgan fingerprint density at radius 1 is 1.19 bits per heavy atom. The van der Waals surface area contributed by atoms with E-state index in [0.717, 1.165) is 0 Å². The van der Waals surface area contributed by atoms with Gasteiger partial charge in [-0.2, -0.15) is 5.26 Å². The molecule has 3 rings (SSSR count). The fourth-order valence-corrected chi connectivity index (χ4v) is 2.93. The Labute approximate surface area is 155 Å². The van der Waals surface area contributed by atoms with Crippen LogP contribution in [0.25, 0.3) is 0 Å². The molecular weight excluding hydrogens is 352 g/mol. The van der Waals surface area contributed by atoms with Crippen LogP contribution in [0.5, 0.6) is 0 Å². The van der Waals surface area contributed by atoms with Gasteiger partial charge in [0, 0.05) is 5.70 Å². The van der Waals surface area contributed by atoms with Crippen LogP contribution in [-0.2, 0) is 4.79 Å². The van der Waals surface area contributed by atoms with E-state index >= 15 is 0 Å². The Morgan fingerprint density at radius 3 is 2.54 bits per heavy atom. The fraction of sp³-hybridized carbons (Fsp3) is 0.105. The quantitative estimate of drug-likeness (QED) is 0.776. The van der Waals surface area contributed by atoms with Crippen LogP contribution in [0.2, 0.25) is 5.02 Å². The van der Waals surface area contributed by atoms with Crippen LogP contribution in [0.15, 0.2) is 59.8 Å². The number of carbonyl (C=O) groups is 2. The minimum Gasteiger partial charge on any atom is -0.327 e. The summed E-state index contributed by atoms with van der Waals surface area (Å²) in [6, 6.07) is 14.6. The molecule has 0 saturated heterocycles. The number of nitrogens with one attached hydrogen (secondary N) is 3. The molecule has 0 radical (unpaired) electrons. The molecule has 1 atom stereocenters. The zero-order valence-electron chi connectivity index (χ0n) is 13.8. The van der Waals surface area contributed by atoms with Crippen LogP contribution in [0, 0.1) is 11.3 Å². The number of amides is 3. The third-order valence-corrected chi connectivity index (χ3v) is 4.34. The van der Waals surface area contributed by atoms with E-state index < -0.39 is 12.1 Å². The summed E-state index contributed by atoms with van der Waals surface area (Å²) in [5.41, 5.74) is 2.50. The van der Waals surface area contributed by atoms with E-state index in [0.29, 0.717) is 33.1 Å². The Balaban J connectivity index is 1.96. The maximum absolute atomic E-state index is 12.9. The third-order valence-electron chi connectivity index (χ3n) is 4.01. The SMILES string of the molecule is CC1=C(C(=O)Nc2ccccc2Cl)C(c2ccc(C#N)cc2)NC(=O)N1. The maximum atomic E-state index is 12.9. The van der Waals surface area contributed by atoms with Crippen LogP contribution in [0.3, 0.4) is 0 Å². The van der Waals surface area contributed by atoms with Gasteiger partial charge in [-0.3, -0.25) is 4.79 Å². The number of anilines is 1. The van der Waals surface area contributed by atoms with Gasteiger partial charge in [-0.25, -0.2) is 4.79 Å².